The van der Waals surface area contributed by atoms with E-state index in [-0.39, 0.29) is 22.9 Å². The Bertz CT molecular complexity index is 1210. The van der Waals surface area contributed by atoms with Gasteiger partial charge in [0.05, 0.1) is 11.3 Å². The minimum Gasteiger partial charge on any atom is -0.494 e. The van der Waals surface area contributed by atoms with Crippen LogP contribution in [-0.4, -0.2) is 27.3 Å². The number of rotatable bonds is 4. The molecule has 2 N–H and O–H groups in total. The maximum Gasteiger partial charge on any atom is 0.271 e. The van der Waals surface area contributed by atoms with Crippen LogP contribution in [0.2, 0.25) is 0 Å². The zero-order chi connectivity index (χ0) is 23.3. The molecule has 7 nitrogen and oxygen atoms in total. The summed E-state index contributed by atoms with van der Waals surface area (Å²) in [6.07, 6.45) is 8.78. The van der Waals surface area contributed by atoms with Crippen LogP contribution >= 0.6 is 0 Å². The second-order valence-corrected chi connectivity index (χ2v) is 10.2. The largest absolute Gasteiger partial charge is 0.494 e. The van der Waals surface area contributed by atoms with E-state index in [0.29, 0.717) is 22.4 Å². The number of nitriles is 1. The number of hydrogen-bond donors (Lipinski definition) is 2. The molecule has 4 bridgehead atoms. The van der Waals surface area contributed by atoms with E-state index in [2.05, 4.69) is 10.3 Å². The Kier molecular flexibility index (Phi) is 5.12. The number of carbonyl (C=O) groups excluding carboxylic acids is 1. The van der Waals surface area contributed by atoms with Gasteiger partial charge >= 0.3 is 0 Å². The summed E-state index contributed by atoms with van der Waals surface area (Å²) < 4.78 is 1.03. The number of nitrogens with one attached hydrogen (secondary N) is 1. The van der Waals surface area contributed by atoms with Crippen molar-refractivity contribution in [3.05, 3.63) is 56.9 Å². The molecule has 0 unspecified atom stereocenters. The number of amides is 1. The van der Waals surface area contributed by atoms with Gasteiger partial charge in [-0.15, -0.1) is 0 Å². The Hall–Kier alpha value is -3.40. The monoisotopic (exact) mass is 444 g/mol. The smallest absolute Gasteiger partial charge is 0.271 e. The highest BCUT2D eigenvalue weighted by atomic mass is 16.3. The average Bonchev–Trinajstić information content (AvgIpc) is 2.77. The first-order chi connectivity index (χ1) is 15.8. The van der Waals surface area contributed by atoms with Crippen molar-refractivity contribution in [1.82, 2.24) is 9.88 Å². The van der Waals surface area contributed by atoms with E-state index in [1.165, 1.54) is 32.5 Å². The van der Waals surface area contributed by atoms with E-state index in [9.17, 15) is 20.0 Å². The van der Waals surface area contributed by atoms with Gasteiger partial charge in [0.1, 0.15) is 11.6 Å². The van der Waals surface area contributed by atoms with E-state index in [4.69, 9.17) is 0 Å². The van der Waals surface area contributed by atoms with Gasteiger partial charge in [-0.05, 0) is 93.0 Å². The van der Waals surface area contributed by atoms with Gasteiger partial charge in [0.25, 0.3) is 11.5 Å². The van der Waals surface area contributed by atoms with Crippen molar-refractivity contribution in [3.8, 4) is 11.9 Å². The summed E-state index contributed by atoms with van der Waals surface area (Å²) in [4.78, 5) is 29.5. The molecular weight excluding hydrogens is 416 g/mol. The van der Waals surface area contributed by atoms with Gasteiger partial charge in [-0.25, -0.2) is 0 Å². The number of aliphatic imine (C=N–C) groups is 1. The SMILES string of the molecule is Cc1c(C=Nc2ccc(C(=O)NC34CC5CC(CC(C5)C3)C4)cc2)c(O)n(C)c(=O)c1C#N. The van der Waals surface area contributed by atoms with Gasteiger partial charge in [0.15, 0.2) is 0 Å². The molecule has 4 fully saturated rings. The van der Waals surface area contributed by atoms with Gasteiger partial charge in [-0.1, -0.05) is 0 Å². The molecule has 0 saturated heterocycles. The minimum absolute atomic E-state index is 0.0200. The molecule has 0 aliphatic heterocycles. The third kappa shape index (κ3) is 3.74. The molecule has 170 valence electrons. The fourth-order valence-electron chi connectivity index (χ4n) is 6.61. The molecule has 0 radical (unpaired) electrons. The fraction of sp³-hybridized carbons (Fsp3) is 0.462. The highest BCUT2D eigenvalue weighted by molar-refractivity contribution is 5.95. The van der Waals surface area contributed by atoms with Gasteiger partial charge in [-0.3, -0.25) is 19.1 Å². The molecule has 0 atom stereocenters. The number of carbonyl (C=O) groups is 1. The molecule has 2 aromatic rings. The molecule has 1 heterocycles. The third-order valence-electron chi connectivity index (χ3n) is 7.86. The van der Waals surface area contributed by atoms with Crippen molar-refractivity contribution in [3.63, 3.8) is 0 Å². The lowest BCUT2D eigenvalue weighted by atomic mass is 9.53. The summed E-state index contributed by atoms with van der Waals surface area (Å²) in [6.45, 7) is 1.61. The lowest BCUT2D eigenvalue weighted by Crippen LogP contribution is -2.59. The summed E-state index contributed by atoms with van der Waals surface area (Å²) in [7, 11) is 1.41. The Morgan fingerprint density at radius 1 is 1.18 bits per heavy atom. The first-order valence-electron chi connectivity index (χ1n) is 11.6. The standard InChI is InChI=1S/C26H28N4O3/c1-15-21(13-27)24(32)30(2)25(33)22(15)14-28-20-5-3-19(4-6-20)23(31)29-26-10-16-7-17(11-26)9-18(8-16)12-26/h3-6,14,16-18,33H,7-12H2,1-2H3,(H,29,31). The molecule has 1 aromatic heterocycles. The molecule has 4 saturated carbocycles. The number of benzene rings is 1. The maximum atomic E-state index is 13.0. The predicted octanol–water partition coefficient (Wildman–Crippen LogP) is 3.72. The lowest BCUT2D eigenvalue weighted by molar-refractivity contribution is -0.0167. The van der Waals surface area contributed by atoms with Crippen molar-refractivity contribution in [1.29, 1.82) is 5.26 Å². The van der Waals surface area contributed by atoms with Crippen LogP contribution in [0.3, 0.4) is 0 Å². The van der Waals surface area contributed by atoms with Crippen LogP contribution in [0.15, 0.2) is 34.1 Å². The van der Waals surface area contributed by atoms with Crippen molar-refractivity contribution in [2.75, 3.05) is 0 Å². The van der Waals surface area contributed by atoms with E-state index in [1.54, 1.807) is 31.2 Å². The third-order valence-corrected chi connectivity index (χ3v) is 7.86. The molecule has 4 aliphatic carbocycles. The molecule has 6 rings (SSSR count). The molecule has 7 heteroatoms. The average molecular weight is 445 g/mol. The topological polar surface area (TPSA) is 107 Å². The van der Waals surface area contributed by atoms with Gasteiger partial charge < -0.3 is 10.4 Å². The number of nitrogens with zero attached hydrogens (tertiary/aromatic N) is 3. The van der Waals surface area contributed by atoms with Crippen LogP contribution in [0.5, 0.6) is 5.88 Å². The van der Waals surface area contributed by atoms with Crippen LogP contribution in [0.4, 0.5) is 5.69 Å². The van der Waals surface area contributed by atoms with Crippen LogP contribution in [0, 0.1) is 36.0 Å². The second kappa shape index (κ2) is 7.87. The molecule has 4 aliphatic rings. The number of aromatic nitrogens is 1. The van der Waals surface area contributed by atoms with E-state index in [0.717, 1.165) is 41.6 Å². The van der Waals surface area contributed by atoms with Crippen LogP contribution in [0.1, 0.15) is 65.6 Å². The molecular formula is C26H28N4O3. The van der Waals surface area contributed by atoms with E-state index >= 15 is 0 Å². The van der Waals surface area contributed by atoms with Crippen molar-refractivity contribution < 1.29 is 9.90 Å². The Balaban J connectivity index is 1.32. The Morgan fingerprint density at radius 2 is 1.76 bits per heavy atom. The Labute approximate surface area is 192 Å². The van der Waals surface area contributed by atoms with E-state index in [1.807, 2.05) is 6.07 Å². The van der Waals surface area contributed by atoms with E-state index < -0.39 is 5.56 Å². The summed E-state index contributed by atoms with van der Waals surface area (Å²) in [6, 6.07) is 8.92. The molecule has 33 heavy (non-hydrogen) atoms. The van der Waals surface area contributed by atoms with Crippen LogP contribution < -0.4 is 10.9 Å². The van der Waals surface area contributed by atoms with Gasteiger partial charge in [-0.2, -0.15) is 5.26 Å². The summed E-state index contributed by atoms with van der Waals surface area (Å²) in [5, 5.41) is 23.0. The quantitative estimate of drug-likeness (QED) is 0.701. The number of aromatic hydroxyl groups is 1. The molecule has 1 aromatic carbocycles. The number of pyridine rings is 1. The highest BCUT2D eigenvalue weighted by Gasteiger charge is 2.51. The minimum atomic E-state index is -0.543. The zero-order valence-corrected chi connectivity index (χ0v) is 19.0. The summed E-state index contributed by atoms with van der Waals surface area (Å²) in [5.41, 5.74) is 1.32. The Morgan fingerprint density at radius 3 is 2.30 bits per heavy atom. The van der Waals surface area contributed by atoms with Crippen LogP contribution in [0.25, 0.3) is 0 Å². The van der Waals surface area contributed by atoms with Crippen LogP contribution in [-0.2, 0) is 7.05 Å². The summed E-state index contributed by atoms with van der Waals surface area (Å²) >= 11 is 0. The normalized spacial score (nSPS) is 27.6. The lowest BCUT2D eigenvalue weighted by Gasteiger charge is -2.56. The first kappa shape index (κ1) is 21.4. The van der Waals surface area contributed by atoms with Crippen molar-refractivity contribution >= 4 is 17.8 Å². The summed E-state index contributed by atoms with van der Waals surface area (Å²) in [5.74, 6) is 2.04. The zero-order valence-electron chi connectivity index (χ0n) is 19.0. The molecule has 0 spiro atoms. The first-order valence-corrected chi connectivity index (χ1v) is 11.6. The maximum absolute atomic E-state index is 13.0. The van der Waals surface area contributed by atoms with Crippen molar-refractivity contribution in [2.24, 2.45) is 29.8 Å². The second-order valence-electron chi connectivity index (χ2n) is 10.2. The van der Waals surface area contributed by atoms with Gasteiger partial charge in [0, 0.05) is 24.4 Å². The highest BCUT2D eigenvalue weighted by Crippen LogP contribution is 2.55. The fourth-order valence-corrected chi connectivity index (χ4v) is 6.61. The predicted molar refractivity (Wildman–Crippen MR) is 125 cm³/mol. The number of hydrogen-bond acceptors (Lipinski definition) is 5. The van der Waals surface area contributed by atoms with Crippen molar-refractivity contribution in [2.45, 2.75) is 51.0 Å². The molecule has 1 amide bonds. The van der Waals surface area contributed by atoms with Gasteiger partial charge in [0.2, 0.25) is 5.88 Å².